The van der Waals surface area contributed by atoms with Gasteiger partial charge in [0.15, 0.2) is 0 Å². The van der Waals surface area contributed by atoms with Crippen LogP contribution in [0.25, 0.3) is 0 Å². The van der Waals surface area contributed by atoms with E-state index < -0.39 is 0 Å². The first-order chi connectivity index (χ1) is 21.5. The highest BCUT2D eigenvalue weighted by Gasteiger charge is 2.67. The third-order valence-corrected chi connectivity index (χ3v) is 10.5. The van der Waals surface area contributed by atoms with Gasteiger partial charge in [0.25, 0.3) is 0 Å². The molecule has 48 heavy (non-hydrogen) atoms. The van der Waals surface area contributed by atoms with Crippen molar-refractivity contribution in [1.82, 2.24) is 5.32 Å². The predicted octanol–water partition coefficient (Wildman–Crippen LogP) is 14.1. The zero-order valence-corrected chi connectivity index (χ0v) is 35.7. The molecule has 3 rings (SSSR count). The molecule has 0 aromatic rings. The van der Waals surface area contributed by atoms with E-state index in [1.165, 1.54) is 42.4 Å². The highest BCUT2D eigenvalue weighted by atomic mass is 14.9. The summed E-state index contributed by atoms with van der Waals surface area (Å²) in [4.78, 5) is 0. The topological polar surface area (TPSA) is 38.0 Å². The Morgan fingerprint density at radius 3 is 1.56 bits per heavy atom. The van der Waals surface area contributed by atoms with Crippen LogP contribution in [0.5, 0.6) is 0 Å². The molecule has 2 heteroatoms. The SMILES string of the molecule is C=C(C)C1C(C(=C)C(C)C(C)(C)C)CC2C1C2(C)C.C=C(C)CC.C=C(C)NC(C)CC.C=C(N)C(=C)C(C)CC1CC1.CC(C)(C)C. The van der Waals surface area contributed by atoms with Crippen molar-refractivity contribution >= 4 is 0 Å². The van der Waals surface area contributed by atoms with Gasteiger partial charge < -0.3 is 11.1 Å². The van der Waals surface area contributed by atoms with Crippen LogP contribution in [0.1, 0.15) is 156 Å². The standard InChI is InChI=1S/C19H32.C10H17N.C7H15N.C5H12.C5H10/c1-11(2)16-14(10-15-17(16)19(15,8)9)12(3)13(4)18(5,6)7;1-7(6-10-4-5-10)8(2)9(3)11;1-5-7(4)8-6(2)3;1-5(2,3)4;1-4-5(2)3/h13-17H,1,3,10H2,2,4-9H3;7,10H,2-6,11H2,1H3;7-8H,2,5H2,1,3-4H3;1-4H3;2,4H2,1,3H3. The Balaban J connectivity index is 0. The highest BCUT2D eigenvalue weighted by Crippen LogP contribution is 2.73. The summed E-state index contributed by atoms with van der Waals surface area (Å²) in [5.74, 6) is 5.18. The van der Waals surface area contributed by atoms with Crippen molar-refractivity contribution in [2.45, 2.75) is 162 Å². The summed E-state index contributed by atoms with van der Waals surface area (Å²) in [6, 6.07) is 0.576. The molecule has 3 N–H and O–H groups in total. The molecule has 3 saturated carbocycles. The molecule has 0 heterocycles. The third kappa shape index (κ3) is 19.3. The molecule has 0 spiro atoms. The first kappa shape index (κ1) is 48.2. The fraction of sp³-hybridized carbons (Fsp3) is 0.739. The number of allylic oxidation sites excluding steroid dienone is 5. The van der Waals surface area contributed by atoms with E-state index in [2.05, 4.69) is 149 Å². The molecule has 3 aliphatic carbocycles. The maximum absolute atomic E-state index is 5.54. The first-order valence-corrected chi connectivity index (χ1v) is 19.1. The molecule has 0 amide bonds. The Morgan fingerprint density at radius 1 is 0.854 bits per heavy atom. The Hall–Kier alpha value is -1.96. The van der Waals surface area contributed by atoms with Crippen LogP contribution in [0.3, 0.4) is 0 Å². The summed E-state index contributed by atoms with van der Waals surface area (Å²) in [6.07, 6.45) is 7.65. The molecular weight excluding hydrogens is 581 g/mol. The van der Waals surface area contributed by atoms with Crippen LogP contribution in [-0.2, 0) is 0 Å². The lowest BCUT2D eigenvalue weighted by atomic mass is 9.68. The second kappa shape index (κ2) is 20.7. The quantitative estimate of drug-likeness (QED) is 0.170. The van der Waals surface area contributed by atoms with Crippen LogP contribution in [0.15, 0.2) is 73.2 Å². The molecular formula is C46H86N2. The van der Waals surface area contributed by atoms with Gasteiger partial charge >= 0.3 is 0 Å². The Morgan fingerprint density at radius 2 is 1.29 bits per heavy atom. The summed E-state index contributed by atoms with van der Waals surface area (Å²) in [5.41, 5.74) is 13.7. The molecule has 0 aromatic heterocycles. The first-order valence-electron chi connectivity index (χ1n) is 19.1. The van der Waals surface area contributed by atoms with Crippen LogP contribution in [0.4, 0.5) is 0 Å². The summed E-state index contributed by atoms with van der Waals surface area (Å²) >= 11 is 0. The molecule has 0 saturated heterocycles. The fourth-order valence-corrected chi connectivity index (χ4v) is 6.36. The zero-order valence-electron chi connectivity index (χ0n) is 35.7. The molecule has 3 aliphatic rings. The Labute approximate surface area is 303 Å². The minimum absolute atomic E-state index is 0.318. The summed E-state index contributed by atoms with van der Waals surface area (Å²) in [5, 5.41) is 3.20. The molecule has 0 bridgehead atoms. The van der Waals surface area contributed by atoms with Crippen molar-refractivity contribution < 1.29 is 0 Å². The Bertz CT molecular complexity index is 1040. The van der Waals surface area contributed by atoms with Gasteiger partial charge in [-0.15, -0.1) is 6.58 Å². The van der Waals surface area contributed by atoms with E-state index in [-0.39, 0.29) is 0 Å². The molecule has 7 atom stereocenters. The van der Waals surface area contributed by atoms with Crippen molar-refractivity contribution in [3.05, 3.63) is 73.2 Å². The van der Waals surface area contributed by atoms with Gasteiger partial charge in [-0.05, 0) is 117 Å². The van der Waals surface area contributed by atoms with E-state index in [0.29, 0.717) is 51.7 Å². The van der Waals surface area contributed by atoms with E-state index in [1.807, 2.05) is 13.8 Å². The van der Waals surface area contributed by atoms with Gasteiger partial charge in [-0.3, -0.25) is 0 Å². The maximum Gasteiger partial charge on any atom is 0.0270 e. The average molecular weight is 667 g/mol. The second-order valence-corrected chi connectivity index (χ2v) is 19.0. The monoisotopic (exact) mass is 667 g/mol. The minimum Gasteiger partial charge on any atom is -0.399 e. The van der Waals surface area contributed by atoms with Gasteiger partial charge in [-0.2, -0.15) is 0 Å². The van der Waals surface area contributed by atoms with Crippen LogP contribution in [0.2, 0.25) is 0 Å². The number of nitrogens with one attached hydrogen (secondary N) is 1. The lowest BCUT2D eigenvalue weighted by molar-refractivity contribution is 0.250. The molecule has 2 nitrogen and oxygen atoms in total. The normalized spacial score (nSPS) is 23.5. The molecule has 0 radical (unpaired) electrons. The van der Waals surface area contributed by atoms with E-state index in [4.69, 9.17) is 5.73 Å². The molecule has 3 fully saturated rings. The molecule has 0 aromatic carbocycles. The average Bonchev–Trinajstić information content (AvgIpc) is 3.77. The van der Waals surface area contributed by atoms with Gasteiger partial charge in [0.1, 0.15) is 0 Å². The lowest BCUT2D eigenvalue weighted by Gasteiger charge is -2.36. The van der Waals surface area contributed by atoms with Crippen LogP contribution in [-0.4, -0.2) is 6.04 Å². The summed E-state index contributed by atoms with van der Waals surface area (Å²) in [7, 11) is 0. The summed E-state index contributed by atoms with van der Waals surface area (Å²) < 4.78 is 0. The third-order valence-electron chi connectivity index (χ3n) is 10.5. The van der Waals surface area contributed by atoms with E-state index >= 15 is 0 Å². The number of nitrogens with two attached hydrogens (primary N) is 1. The summed E-state index contributed by atoms with van der Waals surface area (Å²) in [6.45, 7) is 61.6. The number of fused-ring (bicyclic) bond motifs is 1. The van der Waals surface area contributed by atoms with Gasteiger partial charge in [0, 0.05) is 17.4 Å². The molecule has 7 unspecified atom stereocenters. The smallest absolute Gasteiger partial charge is 0.0270 e. The van der Waals surface area contributed by atoms with Gasteiger partial charge in [-0.25, -0.2) is 0 Å². The van der Waals surface area contributed by atoms with Gasteiger partial charge in [-0.1, -0.05) is 152 Å². The van der Waals surface area contributed by atoms with E-state index in [9.17, 15) is 0 Å². The lowest BCUT2D eigenvalue weighted by Crippen LogP contribution is -2.27. The highest BCUT2D eigenvalue weighted by molar-refractivity contribution is 5.28. The van der Waals surface area contributed by atoms with Crippen molar-refractivity contribution in [1.29, 1.82) is 0 Å². The second-order valence-electron chi connectivity index (χ2n) is 19.0. The van der Waals surface area contributed by atoms with Crippen molar-refractivity contribution in [3.63, 3.8) is 0 Å². The number of rotatable bonds is 11. The fourth-order valence-electron chi connectivity index (χ4n) is 6.36. The predicted molar refractivity (Wildman–Crippen MR) is 222 cm³/mol. The van der Waals surface area contributed by atoms with Crippen molar-refractivity contribution in [3.8, 4) is 0 Å². The van der Waals surface area contributed by atoms with E-state index in [0.717, 1.165) is 41.9 Å². The van der Waals surface area contributed by atoms with Crippen LogP contribution in [0, 0.1) is 57.7 Å². The number of hydrogen-bond donors (Lipinski definition) is 2. The zero-order chi connectivity index (χ0) is 38.5. The van der Waals surface area contributed by atoms with Gasteiger partial charge in [0.2, 0.25) is 0 Å². The van der Waals surface area contributed by atoms with Gasteiger partial charge in [0.05, 0.1) is 0 Å². The van der Waals surface area contributed by atoms with E-state index in [1.54, 1.807) is 0 Å². The van der Waals surface area contributed by atoms with Crippen molar-refractivity contribution in [2.75, 3.05) is 0 Å². The van der Waals surface area contributed by atoms with Crippen LogP contribution < -0.4 is 11.1 Å². The minimum atomic E-state index is 0.318. The van der Waals surface area contributed by atoms with Crippen LogP contribution >= 0.6 is 0 Å². The number of hydrogen-bond acceptors (Lipinski definition) is 2. The molecule has 280 valence electrons. The largest absolute Gasteiger partial charge is 0.399 e. The van der Waals surface area contributed by atoms with Crippen molar-refractivity contribution in [2.24, 2.45) is 63.4 Å². The Kier molecular flexibility index (Phi) is 20.7. The maximum atomic E-state index is 5.54. The molecule has 0 aliphatic heterocycles.